The predicted octanol–water partition coefficient (Wildman–Crippen LogP) is 6.38. The zero-order valence-corrected chi connectivity index (χ0v) is 15.6. The predicted molar refractivity (Wildman–Crippen MR) is 103 cm³/mol. The van der Waals surface area contributed by atoms with E-state index in [0.717, 1.165) is 10.1 Å². The number of hydrogen-bond donors (Lipinski definition) is 0. The lowest BCUT2D eigenvalue weighted by atomic mass is 10.2. The minimum absolute atomic E-state index is 1.03. The Morgan fingerprint density at radius 1 is 0.696 bits per heavy atom. The van der Waals surface area contributed by atoms with Crippen molar-refractivity contribution in [2.75, 3.05) is 0 Å². The SMILES string of the molecule is Cc1cc(SSc2ccccn2)ccc1SSc1ccccn1. The lowest BCUT2D eigenvalue weighted by Crippen LogP contribution is -1.80. The molecule has 0 unspecified atom stereocenters. The van der Waals surface area contributed by atoms with Crippen LogP contribution in [0.25, 0.3) is 0 Å². The molecule has 0 fully saturated rings. The van der Waals surface area contributed by atoms with Crippen LogP contribution in [0.3, 0.4) is 0 Å². The normalized spacial score (nSPS) is 10.7. The molecule has 0 bridgehead atoms. The highest BCUT2D eigenvalue weighted by Gasteiger charge is 2.05. The number of aryl methyl sites for hydroxylation is 1. The summed E-state index contributed by atoms with van der Waals surface area (Å²) in [5, 5.41) is 2.06. The van der Waals surface area contributed by atoms with Gasteiger partial charge in [0.1, 0.15) is 10.1 Å². The van der Waals surface area contributed by atoms with E-state index in [1.54, 1.807) is 43.2 Å². The zero-order valence-electron chi connectivity index (χ0n) is 12.4. The monoisotopic (exact) mass is 374 g/mol. The van der Waals surface area contributed by atoms with Crippen molar-refractivity contribution in [3.63, 3.8) is 0 Å². The van der Waals surface area contributed by atoms with Crippen molar-refractivity contribution in [1.29, 1.82) is 0 Å². The molecule has 0 radical (unpaired) electrons. The average molecular weight is 375 g/mol. The molecule has 0 aliphatic carbocycles. The lowest BCUT2D eigenvalue weighted by molar-refractivity contribution is 1.14. The van der Waals surface area contributed by atoms with Crippen molar-refractivity contribution in [3.05, 3.63) is 72.6 Å². The molecule has 0 aliphatic heterocycles. The lowest BCUT2D eigenvalue weighted by Gasteiger charge is -2.07. The largest absolute Gasteiger partial charge is 0.249 e. The van der Waals surface area contributed by atoms with Crippen LogP contribution in [0.5, 0.6) is 0 Å². The molecule has 23 heavy (non-hydrogen) atoms. The van der Waals surface area contributed by atoms with Crippen molar-refractivity contribution in [2.45, 2.75) is 26.8 Å². The van der Waals surface area contributed by atoms with Crippen LogP contribution >= 0.6 is 43.2 Å². The summed E-state index contributed by atoms with van der Waals surface area (Å²) >= 11 is 0. The molecule has 0 aliphatic rings. The molecule has 2 nitrogen and oxygen atoms in total. The molecule has 3 aromatic rings. The Balaban J connectivity index is 1.59. The third-order valence-corrected chi connectivity index (χ3v) is 7.58. The van der Waals surface area contributed by atoms with Crippen molar-refractivity contribution in [2.24, 2.45) is 0 Å². The van der Waals surface area contributed by atoms with Crippen molar-refractivity contribution in [3.8, 4) is 0 Å². The maximum Gasteiger partial charge on any atom is 0.107 e. The van der Waals surface area contributed by atoms with Gasteiger partial charge in [0, 0.05) is 22.2 Å². The van der Waals surface area contributed by atoms with Gasteiger partial charge in [0.25, 0.3) is 0 Å². The van der Waals surface area contributed by atoms with Gasteiger partial charge in [-0.05, 0) is 76.5 Å². The van der Waals surface area contributed by atoms with E-state index in [1.807, 2.05) is 48.8 Å². The summed E-state index contributed by atoms with van der Waals surface area (Å²) in [5.41, 5.74) is 1.28. The molecule has 0 saturated heterocycles. The fourth-order valence-corrected chi connectivity index (χ4v) is 5.77. The van der Waals surface area contributed by atoms with Gasteiger partial charge in [0.15, 0.2) is 0 Å². The maximum absolute atomic E-state index is 4.33. The van der Waals surface area contributed by atoms with E-state index in [4.69, 9.17) is 0 Å². The number of aromatic nitrogens is 2. The zero-order chi connectivity index (χ0) is 15.9. The van der Waals surface area contributed by atoms with Gasteiger partial charge in [0.2, 0.25) is 0 Å². The Hall–Kier alpha value is -1.08. The molecule has 2 heterocycles. The van der Waals surface area contributed by atoms with Gasteiger partial charge in [0.05, 0.1) is 0 Å². The molecule has 1 aromatic carbocycles. The van der Waals surface area contributed by atoms with Crippen LogP contribution in [0.15, 0.2) is 86.8 Å². The molecule has 6 heteroatoms. The minimum atomic E-state index is 1.03. The van der Waals surface area contributed by atoms with Gasteiger partial charge < -0.3 is 0 Å². The molecule has 0 N–H and O–H groups in total. The number of benzene rings is 1. The second-order valence-corrected chi connectivity index (χ2v) is 9.01. The summed E-state index contributed by atoms with van der Waals surface area (Å²) in [4.78, 5) is 11.2. The third-order valence-electron chi connectivity index (χ3n) is 2.86. The molecule has 0 amide bonds. The Labute approximate surface area is 152 Å². The Kier molecular flexibility index (Phi) is 6.33. The molecule has 0 saturated carbocycles. The second-order valence-electron chi connectivity index (χ2n) is 4.60. The molecule has 0 spiro atoms. The standard InChI is InChI=1S/C17H14N2S4/c1-13-12-14(20-22-16-6-2-4-10-18-16)8-9-15(13)21-23-17-7-3-5-11-19-17/h2-12H,1H3. The number of rotatable bonds is 6. The molecular weight excluding hydrogens is 360 g/mol. The van der Waals surface area contributed by atoms with Gasteiger partial charge in [-0.3, -0.25) is 0 Å². The topological polar surface area (TPSA) is 25.8 Å². The van der Waals surface area contributed by atoms with Gasteiger partial charge in [-0.2, -0.15) is 0 Å². The van der Waals surface area contributed by atoms with Crippen LogP contribution in [-0.2, 0) is 0 Å². The fourth-order valence-electron chi connectivity index (χ4n) is 1.74. The Morgan fingerprint density at radius 2 is 1.35 bits per heavy atom. The maximum atomic E-state index is 4.33. The summed E-state index contributed by atoms with van der Waals surface area (Å²) in [6.45, 7) is 2.15. The van der Waals surface area contributed by atoms with Gasteiger partial charge in [-0.1, -0.05) is 33.7 Å². The molecule has 0 atom stereocenters. The summed E-state index contributed by atoms with van der Waals surface area (Å²) < 4.78 is 0. The van der Waals surface area contributed by atoms with Crippen LogP contribution in [0.4, 0.5) is 0 Å². The van der Waals surface area contributed by atoms with E-state index in [1.165, 1.54) is 15.4 Å². The van der Waals surface area contributed by atoms with Crippen molar-refractivity contribution < 1.29 is 0 Å². The summed E-state index contributed by atoms with van der Waals surface area (Å²) in [6.07, 6.45) is 3.65. The van der Waals surface area contributed by atoms with Crippen LogP contribution < -0.4 is 0 Å². The summed E-state index contributed by atoms with van der Waals surface area (Å²) in [5.74, 6) is 0. The number of pyridine rings is 2. The first-order valence-corrected chi connectivity index (χ1v) is 11.2. The molecule has 3 rings (SSSR count). The fraction of sp³-hybridized carbons (Fsp3) is 0.0588. The highest BCUT2D eigenvalue weighted by atomic mass is 33.1. The number of nitrogens with zero attached hydrogens (tertiary/aromatic N) is 2. The smallest absolute Gasteiger partial charge is 0.107 e. The first kappa shape index (κ1) is 16.8. The van der Waals surface area contributed by atoms with Crippen LogP contribution in [0.2, 0.25) is 0 Å². The van der Waals surface area contributed by atoms with Crippen LogP contribution in [0, 0.1) is 6.92 Å². The molecule has 116 valence electrons. The van der Waals surface area contributed by atoms with Crippen molar-refractivity contribution in [1.82, 2.24) is 9.97 Å². The van der Waals surface area contributed by atoms with Crippen molar-refractivity contribution >= 4 is 43.2 Å². The summed E-state index contributed by atoms with van der Waals surface area (Å²) in [7, 11) is 6.85. The molecular formula is C17H14N2S4. The van der Waals surface area contributed by atoms with E-state index in [9.17, 15) is 0 Å². The minimum Gasteiger partial charge on any atom is -0.249 e. The first-order valence-electron chi connectivity index (χ1n) is 6.93. The van der Waals surface area contributed by atoms with E-state index >= 15 is 0 Å². The van der Waals surface area contributed by atoms with Crippen LogP contribution in [0.1, 0.15) is 5.56 Å². The van der Waals surface area contributed by atoms with Gasteiger partial charge in [-0.25, -0.2) is 9.97 Å². The van der Waals surface area contributed by atoms with Crippen LogP contribution in [-0.4, -0.2) is 9.97 Å². The van der Waals surface area contributed by atoms with E-state index < -0.39 is 0 Å². The third kappa shape index (κ3) is 5.21. The summed E-state index contributed by atoms with van der Waals surface area (Å²) in [6, 6.07) is 18.5. The second kappa shape index (κ2) is 8.68. The molecule has 2 aromatic heterocycles. The van der Waals surface area contributed by atoms with E-state index in [2.05, 4.69) is 35.1 Å². The highest BCUT2D eigenvalue weighted by molar-refractivity contribution is 8.77. The first-order chi connectivity index (χ1) is 11.3. The Morgan fingerprint density at radius 3 is 1.91 bits per heavy atom. The van der Waals surface area contributed by atoms with Gasteiger partial charge >= 0.3 is 0 Å². The van der Waals surface area contributed by atoms with E-state index in [0.29, 0.717) is 0 Å². The number of hydrogen-bond acceptors (Lipinski definition) is 6. The highest BCUT2D eigenvalue weighted by Crippen LogP contribution is 2.41. The van der Waals surface area contributed by atoms with E-state index in [-0.39, 0.29) is 0 Å². The Bertz CT molecular complexity index is 751. The quantitative estimate of drug-likeness (QED) is 0.464. The van der Waals surface area contributed by atoms with Gasteiger partial charge in [-0.15, -0.1) is 0 Å². The average Bonchev–Trinajstić information content (AvgIpc) is 2.61.